The maximum atomic E-state index is 5.52. The quantitative estimate of drug-likeness (QED) is 0.731. The molecule has 2 heteroatoms. The van der Waals surface area contributed by atoms with Crippen LogP contribution in [0.25, 0.3) is 0 Å². The fourth-order valence-electron chi connectivity index (χ4n) is 2.33. The van der Waals surface area contributed by atoms with Crippen LogP contribution in [-0.4, -0.2) is 19.7 Å². The Labute approximate surface area is 104 Å². The van der Waals surface area contributed by atoms with E-state index in [0.29, 0.717) is 0 Å². The van der Waals surface area contributed by atoms with Gasteiger partial charge >= 0.3 is 0 Å². The molecule has 1 aromatic rings. The molecule has 2 rings (SSSR count). The Morgan fingerprint density at radius 3 is 3.06 bits per heavy atom. The largest absolute Gasteiger partial charge is 0.493 e. The summed E-state index contributed by atoms with van der Waals surface area (Å²) in [6, 6.07) is 6.68. The van der Waals surface area contributed by atoms with Crippen molar-refractivity contribution in [2.75, 3.05) is 19.7 Å². The smallest absolute Gasteiger partial charge is 0.122 e. The third-order valence-electron chi connectivity index (χ3n) is 3.32. The van der Waals surface area contributed by atoms with Crippen LogP contribution in [0.1, 0.15) is 37.3 Å². The number of unbranched alkanes of at least 4 members (excludes halogenated alkanes) is 2. The van der Waals surface area contributed by atoms with Crippen LogP contribution in [0.3, 0.4) is 0 Å². The van der Waals surface area contributed by atoms with E-state index in [-0.39, 0.29) is 0 Å². The minimum absolute atomic E-state index is 0.863. The summed E-state index contributed by atoms with van der Waals surface area (Å²) in [6.45, 7) is 5.27. The molecule has 0 bridgehead atoms. The Morgan fingerprint density at radius 1 is 1.24 bits per heavy atom. The van der Waals surface area contributed by atoms with Crippen molar-refractivity contribution in [3.05, 3.63) is 29.3 Å². The Balaban J connectivity index is 1.69. The van der Waals surface area contributed by atoms with E-state index in [1.165, 1.54) is 36.8 Å². The van der Waals surface area contributed by atoms with Crippen molar-refractivity contribution in [2.45, 2.75) is 39.0 Å². The van der Waals surface area contributed by atoms with Gasteiger partial charge in [-0.05, 0) is 49.5 Å². The van der Waals surface area contributed by atoms with E-state index < -0.39 is 0 Å². The van der Waals surface area contributed by atoms with Gasteiger partial charge in [-0.15, -0.1) is 0 Å². The fourth-order valence-corrected chi connectivity index (χ4v) is 2.33. The molecule has 0 saturated heterocycles. The molecule has 0 unspecified atom stereocenters. The lowest BCUT2D eigenvalue weighted by molar-refractivity contribution is 0.357. The molecule has 0 saturated carbocycles. The molecular formula is C15H23NO. The van der Waals surface area contributed by atoms with Gasteiger partial charge in [0.15, 0.2) is 0 Å². The number of aryl methyl sites for hydroxylation is 1. The summed E-state index contributed by atoms with van der Waals surface area (Å²) in [7, 11) is 0. The normalized spacial score (nSPS) is 13.5. The second kappa shape index (κ2) is 6.65. The van der Waals surface area contributed by atoms with Crippen molar-refractivity contribution in [1.82, 2.24) is 5.32 Å². The number of benzene rings is 1. The predicted molar refractivity (Wildman–Crippen MR) is 71.7 cm³/mol. The Bertz CT molecular complexity index is 349. The lowest BCUT2D eigenvalue weighted by Gasteiger charge is -2.05. The SMILES string of the molecule is CCNCCCCCc1ccc2c(c1)CCO2. The minimum Gasteiger partial charge on any atom is -0.493 e. The van der Waals surface area contributed by atoms with Crippen LogP contribution >= 0.6 is 0 Å². The summed E-state index contributed by atoms with van der Waals surface area (Å²) in [4.78, 5) is 0. The van der Waals surface area contributed by atoms with Crippen LogP contribution < -0.4 is 10.1 Å². The molecule has 94 valence electrons. The van der Waals surface area contributed by atoms with Crippen LogP contribution in [0.5, 0.6) is 5.75 Å². The van der Waals surface area contributed by atoms with Gasteiger partial charge in [0.2, 0.25) is 0 Å². The zero-order valence-corrected chi connectivity index (χ0v) is 10.8. The summed E-state index contributed by atoms with van der Waals surface area (Å²) in [5.74, 6) is 1.10. The highest BCUT2D eigenvalue weighted by Gasteiger charge is 2.11. The van der Waals surface area contributed by atoms with E-state index in [1.807, 2.05) is 0 Å². The van der Waals surface area contributed by atoms with Gasteiger partial charge in [-0.3, -0.25) is 0 Å². The van der Waals surface area contributed by atoms with Crippen LogP contribution in [0.4, 0.5) is 0 Å². The average Bonchev–Trinajstić information content (AvgIpc) is 2.81. The van der Waals surface area contributed by atoms with Crippen molar-refractivity contribution in [1.29, 1.82) is 0 Å². The first-order valence-corrected chi connectivity index (χ1v) is 6.85. The third kappa shape index (κ3) is 3.74. The van der Waals surface area contributed by atoms with Crippen LogP contribution in [0.2, 0.25) is 0 Å². The van der Waals surface area contributed by atoms with Crippen molar-refractivity contribution in [2.24, 2.45) is 0 Å². The molecule has 1 aromatic carbocycles. The van der Waals surface area contributed by atoms with E-state index in [4.69, 9.17) is 4.74 Å². The van der Waals surface area contributed by atoms with Gasteiger partial charge in [-0.25, -0.2) is 0 Å². The highest BCUT2D eigenvalue weighted by Crippen LogP contribution is 2.26. The van der Waals surface area contributed by atoms with Crippen molar-refractivity contribution in [3.8, 4) is 5.75 Å². The maximum absolute atomic E-state index is 5.52. The highest BCUT2D eigenvalue weighted by molar-refractivity contribution is 5.39. The maximum Gasteiger partial charge on any atom is 0.122 e. The standard InChI is InChI=1S/C15H23NO/c1-2-16-10-5-3-4-6-13-7-8-15-14(12-13)9-11-17-15/h7-8,12,16H,2-6,9-11H2,1H3. The summed E-state index contributed by atoms with van der Waals surface area (Å²) in [6.07, 6.45) is 6.20. The van der Waals surface area contributed by atoms with Crippen molar-refractivity contribution < 1.29 is 4.74 Å². The van der Waals surface area contributed by atoms with E-state index in [0.717, 1.165) is 31.9 Å². The van der Waals surface area contributed by atoms with Gasteiger partial charge in [0, 0.05) is 6.42 Å². The number of rotatable bonds is 7. The van der Waals surface area contributed by atoms with Gasteiger partial charge in [-0.2, -0.15) is 0 Å². The second-order valence-electron chi connectivity index (χ2n) is 4.70. The number of ether oxygens (including phenoxy) is 1. The topological polar surface area (TPSA) is 21.3 Å². The summed E-state index contributed by atoms with van der Waals surface area (Å²) in [5, 5.41) is 3.36. The first kappa shape index (κ1) is 12.4. The molecule has 0 spiro atoms. The molecule has 2 nitrogen and oxygen atoms in total. The monoisotopic (exact) mass is 233 g/mol. The molecular weight excluding hydrogens is 210 g/mol. The molecule has 17 heavy (non-hydrogen) atoms. The third-order valence-corrected chi connectivity index (χ3v) is 3.32. The molecule has 0 fully saturated rings. The molecule has 1 heterocycles. The second-order valence-corrected chi connectivity index (χ2v) is 4.70. The zero-order valence-electron chi connectivity index (χ0n) is 10.8. The van der Waals surface area contributed by atoms with Gasteiger partial charge in [0.1, 0.15) is 5.75 Å². The summed E-state index contributed by atoms with van der Waals surface area (Å²) in [5.41, 5.74) is 2.87. The minimum atomic E-state index is 0.863. The Morgan fingerprint density at radius 2 is 2.18 bits per heavy atom. The number of nitrogens with one attached hydrogen (secondary N) is 1. The Hall–Kier alpha value is -1.02. The lowest BCUT2D eigenvalue weighted by atomic mass is 10.0. The molecule has 0 aromatic heterocycles. The average molecular weight is 233 g/mol. The van der Waals surface area contributed by atoms with Crippen LogP contribution in [0, 0.1) is 0 Å². The van der Waals surface area contributed by atoms with Gasteiger partial charge < -0.3 is 10.1 Å². The highest BCUT2D eigenvalue weighted by atomic mass is 16.5. The number of hydrogen-bond acceptors (Lipinski definition) is 2. The molecule has 1 N–H and O–H groups in total. The molecule has 0 amide bonds. The number of fused-ring (bicyclic) bond motifs is 1. The zero-order chi connectivity index (χ0) is 11.9. The van der Waals surface area contributed by atoms with Gasteiger partial charge in [0.25, 0.3) is 0 Å². The first-order chi connectivity index (χ1) is 8.40. The Kier molecular flexibility index (Phi) is 4.87. The van der Waals surface area contributed by atoms with Crippen molar-refractivity contribution in [3.63, 3.8) is 0 Å². The molecule has 1 aliphatic rings. The van der Waals surface area contributed by atoms with Crippen LogP contribution in [0.15, 0.2) is 18.2 Å². The first-order valence-electron chi connectivity index (χ1n) is 6.85. The van der Waals surface area contributed by atoms with E-state index in [2.05, 4.69) is 30.4 Å². The van der Waals surface area contributed by atoms with Gasteiger partial charge in [0.05, 0.1) is 6.61 Å². The van der Waals surface area contributed by atoms with E-state index in [1.54, 1.807) is 0 Å². The van der Waals surface area contributed by atoms with Crippen LogP contribution in [-0.2, 0) is 12.8 Å². The summed E-state index contributed by atoms with van der Waals surface area (Å²) < 4.78 is 5.52. The number of hydrogen-bond donors (Lipinski definition) is 1. The molecule has 0 atom stereocenters. The molecule has 0 aliphatic carbocycles. The molecule has 0 radical (unpaired) electrons. The van der Waals surface area contributed by atoms with E-state index in [9.17, 15) is 0 Å². The fraction of sp³-hybridized carbons (Fsp3) is 0.600. The van der Waals surface area contributed by atoms with E-state index >= 15 is 0 Å². The predicted octanol–water partition coefficient (Wildman–Crippen LogP) is 2.94. The van der Waals surface area contributed by atoms with Gasteiger partial charge in [-0.1, -0.05) is 25.5 Å². The molecule has 1 aliphatic heterocycles. The van der Waals surface area contributed by atoms with Crippen molar-refractivity contribution >= 4 is 0 Å². The summed E-state index contributed by atoms with van der Waals surface area (Å²) >= 11 is 0. The lowest BCUT2D eigenvalue weighted by Crippen LogP contribution is -2.13.